The molecule has 0 bridgehead atoms. The Labute approximate surface area is 292 Å². The Kier molecular flexibility index (Phi) is 15.3. The third-order valence-electron chi connectivity index (χ3n) is 7.36. The van der Waals surface area contributed by atoms with E-state index in [0.717, 1.165) is 24.8 Å². The SMILES string of the molecule is C=Cc1c[c-]c2c(c1)-c1cc(C=C)ccc1C2.CC(C)(C)c1cc[cH-]c1.[Cl-].[Cl-].[Zr+2]=[C](Cc1ccccc1)Cc1ccccc1. The van der Waals surface area contributed by atoms with Crippen molar-refractivity contribution in [3.8, 4) is 11.1 Å². The molecular weight excluding hydrogens is 655 g/mol. The minimum atomic E-state index is 0. The van der Waals surface area contributed by atoms with Crippen molar-refractivity contribution in [3.63, 3.8) is 0 Å². The first kappa shape index (κ1) is 37.2. The van der Waals surface area contributed by atoms with E-state index in [1.807, 2.05) is 18.2 Å². The van der Waals surface area contributed by atoms with Gasteiger partial charge in [-0.05, 0) is 12.0 Å². The monoisotopic (exact) mass is 692 g/mol. The molecule has 0 atom stereocenters. The van der Waals surface area contributed by atoms with Crippen LogP contribution in [0.5, 0.6) is 0 Å². The molecule has 0 spiro atoms. The van der Waals surface area contributed by atoms with Gasteiger partial charge >= 0.3 is 112 Å². The Morgan fingerprint density at radius 1 is 0.795 bits per heavy atom. The van der Waals surface area contributed by atoms with Gasteiger partial charge in [0.15, 0.2) is 0 Å². The van der Waals surface area contributed by atoms with Gasteiger partial charge in [-0.3, -0.25) is 0 Å². The summed E-state index contributed by atoms with van der Waals surface area (Å²) in [5, 5.41) is 0. The molecule has 0 amide bonds. The molecular formula is C41H40Cl2Zr-2. The van der Waals surface area contributed by atoms with Crippen molar-refractivity contribution in [2.45, 2.75) is 45.4 Å². The van der Waals surface area contributed by atoms with E-state index in [4.69, 9.17) is 0 Å². The van der Waals surface area contributed by atoms with Gasteiger partial charge in [0.05, 0.1) is 0 Å². The molecule has 0 heterocycles. The zero-order valence-corrected chi connectivity index (χ0v) is 29.9. The Bertz CT molecular complexity index is 1510. The summed E-state index contributed by atoms with van der Waals surface area (Å²) in [6, 6.07) is 44.0. The first-order chi connectivity index (χ1) is 20.3. The molecule has 1 aliphatic rings. The van der Waals surface area contributed by atoms with Crippen LogP contribution in [-0.2, 0) is 48.9 Å². The van der Waals surface area contributed by atoms with Gasteiger partial charge in [-0.1, -0.05) is 68.2 Å². The summed E-state index contributed by atoms with van der Waals surface area (Å²) in [4.78, 5) is 0. The van der Waals surface area contributed by atoms with Gasteiger partial charge in [-0.15, -0.1) is 23.8 Å². The summed E-state index contributed by atoms with van der Waals surface area (Å²) in [6.45, 7) is 14.3. The Hall–Kier alpha value is -2.96. The molecule has 1 aliphatic carbocycles. The van der Waals surface area contributed by atoms with Crippen molar-refractivity contribution in [2.24, 2.45) is 0 Å². The number of rotatable bonds is 6. The number of fused-ring (bicyclic) bond motifs is 3. The maximum atomic E-state index is 3.82. The van der Waals surface area contributed by atoms with Crippen LogP contribution in [0.1, 0.15) is 59.7 Å². The fraction of sp³-hybridized carbons (Fsp3) is 0.171. The molecule has 3 heteroatoms. The van der Waals surface area contributed by atoms with Crippen molar-refractivity contribution in [1.82, 2.24) is 0 Å². The molecule has 6 rings (SSSR count). The van der Waals surface area contributed by atoms with Crippen LogP contribution in [0.4, 0.5) is 0 Å². The second kappa shape index (κ2) is 18.1. The zero-order chi connectivity index (χ0) is 30.0. The van der Waals surface area contributed by atoms with E-state index >= 15 is 0 Å². The van der Waals surface area contributed by atoms with Crippen LogP contribution in [0.15, 0.2) is 128 Å². The first-order valence-corrected chi connectivity index (χ1v) is 15.8. The third kappa shape index (κ3) is 10.9. The zero-order valence-electron chi connectivity index (χ0n) is 25.9. The summed E-state index contributed by atoms with van der Waals surface area (Å²) in [5.41, 5.74) is 12.1. The van der Waals surface area contributed by atoms with E-state index in [2.05, 4.69) is 149 Å². The summed E-state index contributed by atoms with van der Waals surface area (Å²) in [7, 11) is 0. The number of hydrogen-bond donors (Lipinski definition) is 0. The van der Waals surface area contributed by atoms with Crippen LogP contribution in [0, 0.1) is 6.07 Å². The van der Waals surface area contributed by atoms with Gasteiger partial charge in [-0.25, -0.2) is 6.07 Å². The Balaban J connectivity index is 0.000000235. The molecule has 5 aromatic carbocycles. The molecule has 0 unspecified atom stereocenters. The summed E-state index contributed by atoms with van der Waals surface area (Å²) in [5.74, 6) is 0. The van der Waals surface area contributed by atoms with Gasteiger partial charge < -0.3 is 24.8 Å². The second-order valence-corrected chi connectivity index (χ2v) is 13.4. The quantitative estimate of drug-likeness (QED) is 0.229. The van der Waals surface area contributed by atoms with E-state index in [-0.39, 0.29) is 24.8 Å². The number of hydrogen-bond acceptors (Lipinski definition) is 0. The topological polar surface area (TPSA) is 0 Å². The van der Waals surface area contributed by atoms with Gasteiger partial charge in [0, 0.05) is 0 Å². The van der Waals surface area contributed by atoms with Crippen molar-refractivity contribution in [2.75, 3.05) is 0 Å². The summed E-state index contributed by atoms with van der Waals surface area (Å²) in [6.07, 6.45) is 6.98. The van der Waals surface area contributed by atoms with Crippen LogP contribution in [0.2, 0.25) is 0 Å². The third-order valence-corrected chi connectivity index (χ3v) is 8.23. The second-order valence-electron chi connectivity index (χ2n) is 11.7. The molecule has 0 nitrogen and oxygen atoms in total. The molecule has 0 aromatic heterocycles. The normalized spacial score (nSPS) is 10.7. The minimum absolute atomic E-state index is 0. The average Bonchev–Trinajstić information content (AvgIpc) is 3.67. The Morgan fingerprint density at radius 2 is 1.36 bits per heavy atom. The molecule has 0 radical (unpaired) electrons. The van der Waals surface area contributed by atoms with Crippen LogP contribution >= 0.6 is 0 Å². The summed E-state index contributed by atoms with van der Waals surface area (Å²) < 4.78 is 1.60. The predicted molar refractivity (Wildman–Crippen MR) is 180 cm³/mol. The standard InChI is InChI=1S/C17H13.C15H14.C9H13.2ClH.Zr/c1-3-12-5-7-14-11-15-8-6-13(4-2)10-17(15)16(14)9-12;1-3-8-14(9-4-1)12-7-13-15-10-5-2-6-11-15;1-9(2,3)8-6-4-5-7-8;;;/h3-7,9-10H,1-2,11H2;1-6,8-11H,12-13H2;4-7H,1-3H3;2*1H;/q-1;;-1;;;+2/p-2. The molecule has 0 saturated carbocycles. The molecule has 0 N–H and O–H groups in total. The van der Waals surface area contributed by atoms with Crippen molar-refractivity contribution in [1.29, 1.82) is 0 Å². The van der Waals surface area contributed by atoms with E-state index in [1.54, 1.807) is 27.4 Å². The van der Waals surface area contributed by atoms with Crippen LogP contribution < -0.4 is 24.8 Å². The molecule has 5 aromatic rings. The van der Waals surface area contributed by atoms with Gasteiger partial charge in [0.25, 0.3) is 0 Å². The van der Waals surface area contributed by atoms with Gasteiger partial charge in [-0.2, -0.15) is 47.5 Å². The van der Waals surface area contributed by atoms with Crippen LogP contribution in [0.25, 0.3) is 23.3 Å². The van der Waals surface area contributed by atoms with Gasteiger partial charge in [0.2, 0.25) is 0 Å². The Morgan fingerprint density at radius 3 is 1.84 bits per heavy atom. The molecule has 44 heavy (non-hydrogen) atoms. The van der Waals surface area contributed by atoms with Crippen LogP contribution in [0.3, 0.4) is 0 Å². The fourth-order valence-electron chi connectivity index (χ4n) is 4.99. The van der Waals surface area contributed by atoms with Crippen molar-refractivity contribution in [3.05, 3.63) is 173 Å². The molecule has 224 valence electrons. The molecule has 0 aliphatic heterocycles. The van der Waals surface area contributed by atoms with Crippen molar-refractivity contribution < 1.29 is 49.0 Å². The molecule has 0 saturated heterocycles. The van der Waals surface area contributed by atoms with Crippen LogP contribution in [-0.4, -0.2) is 3.21 Å². The first-order valence-electron chi connectivity index (χ1n) is 14.6. The molecule has 0 fully saturated rings. The maximum absolute atomic E-state index is 3.82. The van der Waals surface area contributed by atoms with E-state index in [0.29, 0.717) is 5.41 Å². The predicted octanol–water partition coefficient (Wildman–Crippen LogP) is 4.25. The van der Waals surface area contributed by atoms with E-state index in [9.17, 15) is 0 Å². The van der Waals surface area contributed by atoms with E-state index < -0.39 is 0 Å². The average molecular weight is 695 g/mol. The van der Waals surface area contributed by atoms with Gasteiger partial charge in [0.1, 0.15) is 0 Å². The number of benzene rings is 4. The summed E-state index contributed by atoms with van der Waals surface area (Å²) >= 11 is 1.55. The fourth-order valence-corrected chi connectivity index (χ4v) is 5.99. The van der Waals surface area contributed by atoms with Crippen molar-refractivity contribution >= 4 is 15.4 Å². The number of halogens is 2. The van der Waals surface area contributed by atoms with E-state index in [1.165, 1.54) is 44.5 Å².